The van der Waals surface area contributed by atoms with Crippen LogP contribution < -0.4 is 5.73 Å². The van der Waals surface area contributed by atoms with Gasteiger partial charge in [0.25, 0.3) is 0 Å². The average molecular weight is 161 g/mol. The smallest absolute Gasteiger partial charge is 0.324 e. The second kappa shape index (κ2) is 2.80. The van der Waals surface area contributed by atoms with E-state index in [2.05, 4.69) is 0 Å². The van der Waals surface area contributed by atoms with Gasteiger partial charge < -0.3 is 10.8 Å². The third kappa shape index (κ3) is 1.44. The van der Waals surface area contributed by atoms with Crippen LogP contribution in [0.15, 0.2) is 0 Å². The molecule has 1 fully saturated rings. The molecule has 0 unspecified atom stereocenters. The highest BCUT2D eigenvalue weighted by molar-refractivity contribution is 7.99. The minimum Gasteiger partial charge on any atom is -0.480 e. The number of thioether (sulfide) groups is 1. The molecular formula is C6H11NO2S. The first kappa shape index (κ1) is 7.88. The number of hydrogen-bond donors (Lipinski definition) is 2. The maximum absolute atomic E-state index is 10.5. The van der Waals surface area contributed by atoms with Crippen LogP contribution in [0.4, 0.5) is 0 Å². The van der Waals surface area contributed by atoms with E-state index in [-0.39, 0.29) is 0 Å². The molecule has 1 aliphatic heterocycles. The molecule has 0 radical (unpaired) electrons. The Balaban J connectivity index is 2.56. The van der Waals surface area contributed by atoms with E-state index in [0.717, 1.165) is 12.2 Å². The minimum atomic E-state index is -0.942. The van der Waals surface area contributed by atoms with Gasteiger partial charge in [0.1, 0.15) is 5.54 Å². The van der Waals surface area contributed by atoms with E-state index in [1.807, 2.05) is 0 Å². The molecule has 3 N–H and O–H groups in total. The molecule has 0 amide bonds. The van der Waals surface area contributed by atoms with Crippen LogP contribution in [-0.2, 0) is 4.79 Å². The fourth-order valence-electron chi connectivity index (χ4n) is 0.985. The van der Waals surface area contributed by atoms with Gasteiger partial charge in [0.2, 0.25) is 0 Å². The van der Waals surface area contributed by atoms with Crippen molar-refractivity contribution in [2.45, 2.75) is 18.4 Å². The van der Waals surface area contributed by atoms with Gasteiger partial charge in [-0.05, 0) is 18.6 Å². The van der Waals surface area contributed by atoms with Crippen molar-refractivity contribution in [3.8, 4) is 0 Å². The second-order valence-electron chi connectivity index (χ2n) is 2.62. The summed E-state index contributed by atoms with van der Waals surface area (Å²) >= 11 is 1.62. The zero-order valence-corrected chi connectivity index (χ0v) is 6.49. The molecule has 0 bridgehead atoms. The van der Waals surface area contributed by atoms with E-state index >= 15 is 0 Å². The summed E-state index contributed by atoms with van der Waals surface area (Å²) in [6.07, 6.45) is 1.54. The number of aliphatic carboxylic acids is 1. The van der Waals surface area contributed by atoms with Crippen LogP contribution >= 0.6 is 11.8 Å². The third-order valence-electron chi connectivity index (χ3n) is 1.70. The van der Waals surface area contributed by atoms with Gasteiger partial charge in [-0.2, -0.15) is 11.8 Å². The topological polar surface area (TPSA) is 63.3 Å². The van der Waals surface area contributed by atoms with Crippen molar-refractivity contribution < 1.29 is 9.90 Å². The predicted octanol–water partition coefficient (Wildman–Crippen LogP) is 0.295. The molecule has 1 rings (SSSR count). The normalized spacial score (nSPS) is 33.7. The summed E-state index contributed by atoms with van der Waals surface area (Å²) in [6.45, 7) is 0. The molecule has 0 spiro atoms. The molecule has 1 aliphatic rings. The molecule has 0 aromatic heterocycles. The zero-order chi connectivity index (χ0) is 7.61. The second-order valence-corrected chi connectivity index (χ2v) is 3.72. The van der Waals surface area contributed by atoms with E-state index in [0.29, 0.717) is 12.2 Å². The van der Waals surface area contributed by atoms with Crippen molar-refractivity contribution in [2.75, 3.05) is 11.5 Å². The largest absolute Gasteiger partial charge is 0.480 e. The van der Waals surface area contributed by atoms with E-state index in [1.165, 1.54) is 0 Å². The number of rotatable bonds is 1. The zero-order valence-electron chi connectivity index (χ0n) is 5.67. The summed E-state index contributed by atoms with van der Waals surface area (Å²) in [5.41, 5.74) is 4.64. The number of carboxylic acid groups (broad SMARTS) is 1. The van der Waals surface area contributed by atoms with E-state index < -0.39 is 11.5 Å². The Bertz CT molecular complexity index is 143. The first-order chi connectivity index (χ1) is 4.65. The lowest BCUT2D eigenvalue weighted by molar-refractivity contribution is -0.142. The van der Waals surface area contributed by atoms with Gasteiger partial charge >= 0.3 is 5.97 Å². The molecule has 1 atom stereocenters. The van der Waals surface area contributed by atoms with Crippen LogP contribution in [0.5, 0.6) is 0 Å². The van der Waals surface area contributed by atoms with Gasteiger partial charge in [-0.25, -0.2) is 0 Å². The lowest BCUT2D eigenvalue weighted by atomic mass is 9.97. The maximum atomic E-state index is 10.5. The van der Waals surface area contributed by atoms with Crippen LogP contribution in [0.1, 0.15) is 12.8 Å². The molecule has 3 nitrogen and oxygen atoms in total. The lowest BCUT2D eigenvalue weighted by Gasteiger charge is -2.27. The van der Waals surface area contributed by atoms with Crippen molar-refractivity contribution in [1.82, 2.24) is 0 Å². The number of nitrogens with two attached hydrogens (primary N) is 1. The first-order valence-corrected chi connectivity index (χ1v) is 4.41. The quantitative estimate of drug-likeness (QED) is 0.580. The number of carboxylic acids is 1. The number of hydrogen-bond acceptors (Lipinski definition) is 3. The molecule has 0 saturated carbocycles. The highest BCUT2D eigenvalue weighted by Gasteiger charge is 2.35. The Labute approximate surface area is 64.0 Å². The third-order valence-corrected chi connectivity index (χ3v) is 2.99. The molecule has 10 heavy (non-hydrogen) atoms. The number of carbonyl (C=O) groups is 1. The summed E-state index contributed by atoms with van der Waals surface area (Å²) in [7, 11) is 0. The van der Waals surface area contributed by atoms with Crippen molar-refractivity contribution in [2.24, 2.45) is 5.73 Å². The Morgan fingerprint density at radius 1 is 1.70 bits per heavy atom. The molecular weight excluding hydrogens is 150 g/mol. The standard InChI is InChI=1S/C6H11NO2S/c7-6(5(8)9)2-1-3-10-4-6/h1-4,7H2,(H,8,9)/t6-/m1/s1. The predicted molar refractivity (Wildman–Crippen MR) is 41.1 cm³/mol. The van der Waals surface area contributed by atoms with Crippen molar-refractivity contribution in [3.05, 3.63) is 0 Å². The first-order valence-electron chi connectivity index (χ1n) is 3.25. The summed E-state index contributed by atoms with van der Waals surface area (Å²) in [5, 5.41) is 8.66. The summed E-state index contributed by atoms with van der Waals surface area (Å²) in [6, 6.07) is 0. The molecule has 0 aromatic carbocycles. The van der Waals surface area contributed by atoms with Gasteiger partial charge in [-0.1, -0.05) is 0 Å². The van der Waals surface area contributed by atoms with E-state index in [1.54, 1.807) is 11.8 Å². The molecule has 58 valence electrons. The average Bonchev–Trinajstić information content (AvgIpc) is 1.89. The van der Waals surface area contributed by atoms with Crippen LogP contribution in [0.25, 0.3) is 0 Å². The maximum Gasteiger partial charge on any atom is 0.324 e. The molecule has 0 aromatic rings. The molecule has 1 heterocycles. The highest BCUT2D eigenvalue weighted by Crippen LogP contribution is 2.24. The Morgan fingerprint density at radius 2 is 2.40 bits per heavy atom. The molecule has 4 heteroatoms. The van der Waals surface area contributed by atoms with Crippen LogP contribution in [0, 0.1) is 0 Å². The summed E-state index contributed by atoms with van der Waals surface area (Å²) in [4.78, 5) is 10.5. The van der Waals surface area contributed by atoms with Crippen LogP contribution in [-0.4, -0.2) is 28.1 Å². The fourth-order valence-corrected chi connectivity index (χ4v) is 2.11. The van der Waals surface area contributed by atoms with Crippen molar-refractivity contribution >= 4 is 17.7 Å². The molecule has 1 saturated heterocycles. The van der Waals surface area contributed by atoms with Gasteiger partial charge in [0.15, 0.2) is 0 Å². The van der Waals surface area contributed by atoms with Gasteiger partial charge in [-0.3, -0.25) is 4.79 Å². The van der Waals surface area contributed by atoms with Gasteiger partial charge in [0.05, 0.1) is 0 Å². The van der Waals surface area contributed by atoms with E-state index in [9.17, 15) is 4.79 Å². The SMILES string of the molecule is N[C@]1(C(=O)O)CCCSC1. The van der Waals surface area contributed by atoms with Crippen molar-refractivity contribution in [1.29, 1.82) is 0 Å². The van der Waals surface area contributed by atoms with Crippen LogP contribution in [0.3, 0.4) is 0 Å². The lowest BCUT2D eigenvalue weighted by Crippen LogP contribution is -2.51. The monoisotopic (exact) mass is 161 g/mol. The minimum absolute atomic E-state index is 0.558. The highest BCUT2D eigenvalue weighted by atomic mass is 32.2. The van der Waals surface area contributed by atoms with Gasteiger partial charge in [-0.15, -0.1) is 0 Å². The summed E-state index contributed by atoms with van der Waals surface area (Å²) in [5.74, 6) is 0.744. The van der Waals surface area contributed by atoms with E-state index in [4.69, 9.17) is 10.8 Å². The van der Waals surface area contributed by atoms with Crippen LogP contribution in [0.2, 0.25) is 0 Å². The Kier molecular flexibility index (Phi) is 2.21. The van der Waals surface area contributed by atoms with Gasteiger partial charge in [0, 0.05) is 5.75 Å². The molecule has 0 aliphatic carbocycles. The fraction of sp³-hybridized carbons (Fsp3) is 0.833. The Morgan fingerprint density at radius 3 is 2.70 bits per heavy atom. The summed E-state index contributed by atoms with van der Waals surface area (Å²) < 4.78 is 0. The Hall–Kier alpha value is -0.220. The van der Waals surface area contributed by atoms with Crippen molar-refractivity contribution in [3.63, 3.8) is 0 Å².